The van der Waals surface area contributed by atoms with Crippen LogP contribution in [-0.4, -0.2) is 27.4 Å². The van der Waals surface area contributed by atoms with Gasteiger partial charge in [-0.25, -0.2) is 4.98 Å². The van der Waals surface area contributed by atoms with Gasteiger partial charge >= 0.3 is 0 Å². The Balaban J connectivity index is 2.39. The number of hydrogen-bond acceptors (Lipinski definition) is 7. The molecule has 0 spiro atoms. The Morgan fingerprint density at radius 3 is 2.60 bits per heavy atom. The van der Waals surface area contributed by atoms with Gasteiger partial charge < -0.3 is 10.8 Å². The molecule has 0 aliphatic heterocycles. The molecule has 3 aromatic rings. The highest BCUT2D eigenvalue weighted by Gasteiger charge is 2.21. The number of rotatable bonds is 4. The molecule has 0 unspecified atom stereocenters. The number of pyridine rings is 2. The van der Waals surface area contributed by atoms with Crippen molar-refractivity contribution in [2.45, 2.75) is 5.03 Å². The number of nitrogen functional groups attached to an aromatic ring is 1. The number of thioether (sulfide) groups is 1. The summed E-state index contributed by atoms with van der Waals surface area (Å²) >= 11 is 1.23. The second-order valence-electron chi connectivity index (χ2n) is 5.10. The predicted octanol–water partition coefficient (Wildman–Crippen LogP) is 2.71. The van der Waals surface area contributed by atoms with Crippen molar-refractivity contribution >= 4 is 28.5 Å². The summed E-state index contributed by atoms with van der Waals surface area (Å²) in [5.74, 6) is 0.446. The molecule has 0 aliphatic carbocycles. The lowest BCUT2D eigenvalue weighted by molar-refractivity contribution is 0.322. The highest BCUT2D eigenvalue weighted by Crippen LogP contribution is 2.38. The molecule has 1 aromatic carbocycles. The molecule has 25 heavy (non-hydrogen) atoms. The topological polar surface area (TPSA) is 120 Å². The Bertz CT molecular complexity index is 1030. The number of nitrogens with two attached hydrogens (primary N) is 1. The minimum absolute atomic E-state index is 0.0510. The summed E-state index contributed by atoms with van der Waals surface area (Å²) < 4.78 is 0. The maximum absolute atomic E-state index is 9.71. The fraction of sp³-hybridized carbons (Fsp3) is 0.111. The monoisotopic (exact) mass is 347 g/mol. The minimum Gasteiger partial charge on any atom is -0.396 e. The molecule has 122 valence electrons. The molecular formula is C18H13N5OS. The van der Waals surface area contributed by atoms with Gasteiger partial charge in [0, 0.05) is 22.9 Å². The molecule has 0 saturated carbocycles. The second kappa shape index (κ2) is 7.18. The van der Waals surface area contributed by atoms with Crippen molar-refractivity contribution in [2.24, 2.45) is 0 Å². The fourth-order valence-electron chi connectivity index (χ4n) is 2.63. The number of nitriles is 2. The van der Waals surface area contributed by atoms with Crippen LogP contribution in [0.2, 0.25) is 0 Å². The maximum Gasteiger partial charge on any atom is 0.143 e. The summed E-state index contributed by atoms with van der Waals surface area (Å²) in [6.07, 6.45) is 1.64. The Kier molecular flexibility index (Phi) is 4.80. The molecule has 0 atom stereocenters. The van der Waals surface area contributed by atoms with Gasteiger partial charge in [0.05, 0.1) is 17.7 Å². The Hall–Kier alpha value is -3.13. The Labute approximate surface area is 148 Å². The molecule has 0 fully saturated rings. The van der Waals surface area contributed by atoms with Gasteiger partial charge in [-0.05, 0) is 17.7 Å². The van der Waals surface area contributed by atoms with E-state index in [-0.39, 0.29) is 23.6 Å². The van der Waals surface area contributed by atoms with E-state index in [9.17, 15) is 10.5 Å². The number of benzene rings is 1. The molecule has 0 saturated heterocycles. The third-order valence-electron chi connectivity index (χ3n) is 3.66. The van der Waals surface area contributed by atoms with E-state index < -0.39 is 0 Å². The number of fused-ring (bicyclic) bond motifs is 1. The van der Waals surface area contributed by atoms with E-state index in [1.165, 1.54) is 11.8 Å². The lowest BCUT2D eigenvalue weighted by atomic mass is 9.94. The standard InChI is InChI=1S/C18H13N5OS/c19-9-13-16(12-5-6-22-15-4-2-1-3-11(12)15)14(10-20)18(23-17(13)21)25-8-7-24/h1-6,24H,7-8H2,(H2,21,23). The summed E-state index contributed by atoms with van der Waals surface area (Å²) in [4.78, 5) is 8.51. The molecule has 0 radical (unpaired) electrons. The molecule has 2 heterocycles. The van der Waals surface area contributed by atoms with E-state index in [4.69, 9.17) is 10.8 Å². The number of para-hydroxylation sites is 1. The molecule has 7 heteroatoms. The van der Waals surface area contributed by atoms with Crippen molar-refractivity contribution in [2.75, 3.05) is 18.1 Å². The Morgan fingerprint density at radius 2 is 1.88 bits per heavy atom. The number of aromatic nitrogens is 2. The van der Waals surface area contributed by atoms with E-state index in [0.717, 1.165) is 10.9 Å². The van der Waals surface area contributed by atoms with Crippen LogP contribution in [0.25, 0.3) is 22.0 Å². The van der Waals surface area contributed by atoms with Crippen molar-refractivity contribution < 1.29 is 5.11 Å². The highest BCUT2D eigenvalue weighted by atomic mass is 32.2. The van der Waals surface area contributed by atoms with Crippen molar-refractivity contribution in [1.29, 1.82) is 10.5 Å². The SMILES string of the molecule is N#Cc1c(N)nc(SCCO)c(C#N)c1-c1ccnc2ccccc12. The van der Waals surface area contributed by atoms with Gasteiger partial charge in [0.15, 0.2) is 0 Å². The third-order valence-corrected chi connectivity index (χ3v) is 4.62. The van der Waals surface area contributed by atoms with Crippen molar-refractivity contribution in [3.63, 3.8) is 0 Å². The maximum atomic E-state index is 9.71. The molecule has 0 amide bonds. The van der Waals surface area contributed by atoms with Gasteiger partial charge in [0.1, 0.15) is 28.5 Å². The average molecular weight is 347 g/mol. The first-order valence-corrected chi connectivity index (χ1v) is 8.41. The first-order valence-electron chi connectivity index (χ1n) is 7.42. The normalized spacial score (nSPS) is 10.4. The lowest BCUT2D eigenvalue weighted by Crippen LogP contribution is -2.04. The van der Waals surface area contributed by atoms with Crippen LogP contribution >= 0.6 is 11.8 Å². The summed E-state index contributed by atoms with van der Waals surface area (Å²) in [6.45, 7) is -0.0510. The summed E-state index contributed by atoms with van der Waals surface area (Å²) in [5, 5.41) is 29.6. The largest absolute Gasteiger partial charge is 0.396 e. The van der Waals surface area contributed by atoms with E-state index in [0.29, 0.717) is 21.9 Å². The van der Waals surface area contributed by atoms with E-state index >= 15 is 0 Å². The number of aliphatic hydroxyl groups is 1. The second-order valence-corrected chi connectivity index (χ2v) is 6.18. The number of nitrogens with zero attached hydrogens (tertiary/aromatic N) is 4. The smallest absolute Gasteiger partial charge is 0.143 e. The van der Waals surface area contributed by atoms with Crippen molar-refractivity contribution in [3.8, 4) is 23.3 Å². The van der Waals surface area contributed by atoms with Crippen LogP contribution in [0, 0.1) is 22.7 Å². The van der Waals surface area contributed by atoms with E-state index in [2.05, 4.69) is 22.1 Å². The first kappa shape index (κ1) is 16.7. The van der Waals surface area contributed by atoms with Crippen molar-refractivity contribution in [3.05, 3.63) is 47.7 Å². The van der Waals surface area contributed by atoms with Gasteiger partial charge in [-0.3, -0.25) is 4.98 Å². The van der Waals surface area contributed by atoms with Crippen LogP contribution in [0.4, 0.5) is 5.82 Å². The quantitative estimate of drug-likeness (QED) is 0.696. The van der Waals surface area contributed by atoms with Crippen LogP contribution in [0.5, 0.6) is 0 Å². The average Bonchev–Trinajstić information content (AvgIpc) is 2.65. The lowest BCUT2D eigenvalue weighted by Gasteiger charge is -2.14. The van der Waals surface area contributed by atoms with Crippen LogP contribution < -0.4 is 5.73 Å². The first-order chi connectivity index (χ1) is 12.2. The van der Waals surface area contributed by atoms with E-state index in [1.54, 1.807) is 12.3 Å². The van der Waals surface area contributed by atoms with Gasteiger partial charge in [0.25, 0.3) is 0 Å². The van der Waals surface area contributed by atoms with Crippen LogP contribution in [-0.2, 0) is 0 Å². The van der Waals surface area contributed by atoms with Crippen LogP contribution in [0.1, 0.15) is 11.1 Å². The molecule has 6 nitrogen and oxygen atoms in total. The molecule has 3 rings (SSSR count). The summed E-state index contributed by atoms with van der Waals surface area (Å²) in [7, 11) is 0. The fourth-order valence-corrected chi connectivity index (χ4v) is 3.37. The summed E-state index contributed by atoms with van der Waals surface area (Å²) in [6, 6.07) is 13.5. The predicted molar refractivity (Wildman–Crippen MR) is 96.6 cm³/mol. The minimum atomic E-state index is -0.0510. The molecule has 3 N–H and O–H groups in total. The van der Waals surface area contributed by atoms with Gasteiger partial charge in [-0.15, -0.1) is 11.8 Å². The van der Waals surface area contributed by atoms with Gasteiger partial charge in [0.2, 0.25) is 0 Å². The summed E-state index contributed by atoms with van der Waals surface area (Å²) in [5.41, 5.74) is 8.34. The Morgan fingerprint density at radius 1 is 1.12 bits per heavy atom. The van der Waals surface area contributed by atoms with Crippen LogP contribution in [0.15, 0.2) is 41.6 Å². The zero-order chi connectivity index (χ0) is 17.8. The van der Waals surface area contributed by atoms with Gasteiger partial charge in [-0.1, -0.05) is 18.2 Å². The number of anilines is 1. The molecule has 0 bridgehead atoms. The molecule has 2 aromatic heterocycles. The highest BCUT2D eigenvalue weighted by molar-refractivity contribution is 7.99. The zero-order valence-corrected chi connectivity index (χ0v) is 13.9. The van der Waals surface area contributed by atoms with Crippen LogP contribution in [0.3, 0.4) is 0 Å². The number of aliphatic hydroxyl groups excluding tert-OH is 1. The van der Waals surface area contributed by atoms with Gasteiger partial charge in [-0.2, -0.15) is 10.5 Å². The third kappa shape index (κ3) is 2.99. The number of hydrogen-bond donors (Lipinski definition) is 2. The zero-order valence-electron chi connectivity index (χ0n) is 13.1. The molecule has 0 aliphatic rings. The van der Waals surface area contributed by atoms with Crippen molar-refractivity contribution in [1.82, 2.24) is 9.97 Å². The van der Waals surface area contributed by atoms with E-state index in [1.807, 2.05) is 24.3 Å². The molecular weight excluding hydrogens is 334 g/mol.